The predicted octanol–water partition coefficient (Wildman–Crippen LogP) is 7.90. The van der Waals surface area contributed by atoms with Gasteiger partial charge < -0.3 is 0 Å². The molecule has 0 aliphatic heterocycles. The van der Waals surface area contributed by atoms with E-state index < -0.39 is 0 Å². The highest BCUT2D eigenvalue weighted by Gasteiger charge is 2.19. The summed E-state index contributed by atoms with van der Waals surface area (Å²) in [5, 5.41) is 0. The van der Waals surface area contributed by atoms with E-state index in [9.17, 15) is 8.78 Å². The first-order chi connectivity index (χ1) is 13.5. The van der Waals surface area contributed by atoms with E-state index in [1.54, 1.807) is 31.2 Å². The first kappa shape index (κ1) is 18.9. The molecule has 0 heterocycles. The van der Waals surface area contributed by atoms with E-state index in [4.69, 9.17) is 0 Å². The summed E-state index contributed by atoms with van der Waals surface area (Å²) in [5.74, 6) is 0.861. The fourth-order valence-corrected chi connectivity index (χ4v) is 4.23. The van der Waals surface area contributed by atoms with Crippen molar-refractivity contribution >= 4 is 0 Å². The molecule has 0 N–H and O–H groups in total. The third-order valence-corrected chi connectivity index (χ3v) is 6.18. The van der Waals surface area contributed by atoms with Crippen LogP contribution in [0.2, 0.25) is 0 Å². The monoisotopic (exact) mass is 376 g/mol. The van der Waals surface area contributed by atoms with Crippen molar-refractivity contribution in [1.82, 2.24) is 0 Å². The standard InChI is InChI=1S/C26H26F2/c1-17-3-6-19(7-4-17)20-9-11-21(12-10-20)22-13-14-24(26(28)15-22)23-8-5-18(2)25(27)16-23/h5,8-17,19H,3-4,6-7H2,1-2H3. The van der Waals surface area contributed by atoms with E-state index in [-0.39, 0.29) is 11.6 Å². The van der Waals surface area contributed by atoms with Gasteiger partial charge in [-0.15, -0.1) is 0 Å². The molecule has 1 saturated carbocycles. The highest BCUT2D eigenvalue weighted by molar-refractivity contribution is 5.71. The minimum Gasteiger partial charge on any atom is -0.207 e. The van der Waals surface area contributed by atoms with Gasteiger partial charge >= 0.3 is 0 Å². The first-order valence-corrected chi connectivity index (χ1v) is 10.2. The Kier molecular flexibility index (Phi) is 5.30. The van der Waals surface area contributed by atoms with E-state index >= 15 is 0 Å². The summed E-state index contributed by atoms with van der Waals surface area (Å²) in [6.45, 7) is 4.04. The van der Waals surface area contributed by atoms with Crippen molar-refractivity contribution in [2.45, 2.75) is 45.4 Å². The lowest BCUT2D eigenvalue weighted by atomic mass is 9.79. The summed E-state index contributed by atoms with van der Waals surface area (Å²) in [6, 6.07) is 18.6. The molecule has 4 rings (SSSR count). The SMILES string of the molecule is Cc1ccc(-c2ccc(-c3ccc(C4CCC(C)CC4)cc3)cc2F)cc1F. The van der Waals surface area contributed by atoms with Gasteiger partial charge in [-0.1, -0.05) is 68.3 Å². The molecule has 3 aromatic rings. The highest BCUT2D eigenvalue weighted by atomic mass is 19.1. The molecule has 1 fully saturated rings. The van der Waals surface area contributed by atoms with Crippen LogP contribution in [0.15, 0.2) is 60.7 Å². The maximum absolute atomic E-state index is 14.7. The Morgan fingerprint density at radius 1 is 0.679 bits per heavy atom. The van der Waals surface area contributed by atoms with Crippen LogP contribution in [0, 0.1) is 24.5 Å². The Morgan fingerprint density at radius 2 is 1.29 bits per heavy atom. The Bertz CT molecular complexity index is 964. The minimum absolute atomic E-state index is 0.311. The second-order valence-electron chi connectivity index (χ2n) is 8.24. The first-order valence-electron chi connectivity index (χ1n) is 10.2. The fourth-order valence-electron chi connectivity index (χ4n) is 4.23. The number of halogens is 2. The Balaban J connectivity index is 1.56. The van der Waals surface area contributed by atoms with Gasteiger partial charge in [0.05, 0.1) is 0 Å². The van der Waals surface area contributed by atoms with E-state index in [1.165, 1.54) is 37.3 Å². The van der Waals surface area contributed by atoms with Gasteiger partial charge in [0, 0.05) is 5.56 Å². The molecule has 1 aliphatic carbocycles. The van der Waals surface area contributed by atoms with E-state index in [2.05, 4.69) is 31.2 Å². The van der Waals surface area contributed by atoms with Crippen LogP contribution in [0.1, 0.15) is 49.7 Å². The van der Waals surface area contributed by atoms with E-state index in [0.29, 0.717) is 22.6 Å². The lowest BCUT2D eigenvalue weighted by molar-refractivity contribution is 0.348. The van der Waals surface area contributed by atoms with Crippen LogP contribution in [-0.4, -0.2) is 0 Å². The topological polar surface area (TPSA) is 0 Å². The van der Waals surface area contributed by atoms with Gasteiger partial charge in [-0.3, -0.25) is 0 Å². The number of aryl methyl sites for hydroxylation is 1. The summed E-state index contributed by atoms with van der Waals surface area (Å²) >= 11 is 0. The molecule has 0 aromatic heterocycles. The molecule has 28 heavy (non-hydrogen) atoms. The van der Waals surface area contributed by atoms with Crippen molar-refractivity contribution < 1.29 is 8.78 Å². The van der Waals surface area contributed by atoms with E-state index in [1.807, 2.05) is 6.07 Å². The minimum atomic E-state index is -0.328. The largest absolute Gasteiger partial charge is 0.207 e. The zero-order chi connectivity index (χ0) is 19.7. The molecular weight excluding hydrogens is 350 g/mol. The third-order valence-electron chi connectivity index (χ3n) is 6.18. The maximum atomic E-state index is 14.7. The smallest absolute Gasteiger partial charge is 0.131 e. The van der Waals surface area contributed by atoms with Crippen LogP contribution in [0.25, 0.3) is 22.3 Å². The summed E-state index contributed by atoms with van der Waals surface area (Å²) in [5.41, 5.74) is 4.80. The van der Waals surface area contributed by atoms with Gasteiger partial charge in [0.15, 0.2) is 0 Å². The van der Waals surface area contributed by atoms with Crippen molar-refractivity contribution in [3.05, 3.63) is 83.4 Å². The Labute approximate surface area is 166 Å². The van der Waals surface area contributed by atoms with Crippen LogP contribution in [-0.2, 0) is 0 Å². The van der Waals surface area contributed by atoms with Crippen molar-refractivity contribution in [2.24, 2.45) is 5.92 Å². The van der Waals surface area contributed by atoms with Crippen LogP contribution in [0.5, 0.6) is 0 Å². The molecule has 0 bridgehead atoms. The summed E-state index contributed by atoms with van der Waals surface area (Å²) in [6.07, 6.45) is 5.13. The lowest BCUT2D eigenvalue weighted by Gasteiger charge is -2.26. The molecule has 0 saturated heterocycles. The Hall–Kier alpha value is -2.48. The van der Waals surface area contributed by atoms with Crippen LogP contribution in [0.4, 0.5) is 8.78 Å². The molecule has 0 atom stereocenters. The molecular formula is C26H26F2. The third kappa shape index (κ3) is 3.87. The zero-order valence-electron chi connectivity index (χ0n) is 16.5. The van der Waals surface area contributed by atoms with Gasteiger partial charge in [-0.25, -0.2) is 8.78 Å². The van der Waals surface area contributed by atoms with Gasteiger partial charge in [-0.05, 0) is 71.6 Å². The highest BCUT2D eigenvalue weighted by Crippen LogP contribution is 2.36. The molecule has 144 valence electrons. The molecule has 0 amide bonds. The average molecular weight is 376 g/mol. The van der Waals surface area contributed by atoms with Crippen molar-refractivity contribution in [3.8, 4) is 22.3 Å². The number of rotatable bonds is 3. The molecule has 0 unspecified atom stereocenters. The summed E-state index contributed by atoms with van der Waals surface area (Å²) < 4.78 is 28.6. The average Bonchev–Trinajstić information content (AvgIpc) is 2.71. The molecule has 0 nitrogen and oxygen atoms in total. The van der Waals surface area contributed by atoms with Gasteiger partial charge in [0.2, 0.25) is 0 Å². The molecule has 0 radical (unpaired) electrons. The van der Waals surface area contributed by atoms with Crippen molar-refractivity contribution in [3.63, 3.8) is 0 Å². The normalized spacial score (nSPS) is 19.6. The lowest BCUT2D eigenvalue weighted by Crippen LogP contribution is -2.10. The Morgan fingerprint density at radius 3 is 1.93 bits per heavy atom. The molecule has 0 spiro atoms. The van der Waals surface area contributed by atoms with Gasteiger partial charge in [-0.2, -0.15) is 0 Å². The van der Waals surface area contributed by atoms with Gasteiger partial charge in [0.25, 0.3) is 0 Å². The second-order valence-corrected chi connectivity index (χ2v) is 8.24. The second kappa shape index (κ2) is 7.87. The quantitative estimate of drug-likeness (QED) is 0.436. The van der Waals surface area contributed by atoms with Crippen LogP contribution >= 0.6 is 0 Å². The summed E-state index contributed by atoms with van der Waals surface area (Å²) in [7, 11) is 0. The molecule has 3 aromatic carbocycles. The molecule has 1 aliphatic rings. The van der Waals surface area contributed by atoms with Crippen LogP contribution in [0.3, 0.4) is 0 Å². The number of benzene rings is 3. The molecule has 2 heteroatoms. The van der Waals surface area contributed by atoms with Crippen molar-refractivity contribution in [1.29, 1.82) is 0 Å². The van der Waals surface area contributed by atoms with Crippen molar-refractivity contribution in [2.75, 3.05) is 0 Å². The predicted molar refractivity (Wildman–Crippen MR) is 112 cm³/mol. The van der Waals surface area contributed by atoms with Crippen LogP contribution < -0.4 is 0 Å². The number of hydrogen-bond acceptors (Lipinski definition) is 0. The summed E-state index contributed by atoms with van der Waals surface area (Å²) in [4.78, 5) is 0. The van der Waals surface area contributed by atoms with E-state index in [0.717, 1.165) is 17.0 Å². The van der Waals surface area contributed by atoms with Gasteiger partial charge in [0.1, 0.15) is 11.6 Å². The fraction of sp³-hybridized carbons (Fsp3) is 0.308. The maximum Gasteiger partial charge on any atom is 0.131 e. The number of hydrogen-bond donors (Lipinski definition) is 0. The zero-order valence-corrected chi connectivity index (χ0v) is 16.5.